The van der Waals surface area contributed by atoms with Crippen molar-refractivity contribution in [1.29, 1.82) is 0 Å². The van der Waals surface area contributed by atoms with Crippen LogP contribution in [-0.2, 0) is 0 Å². The molecular weight excluding hydrogens is 164 g/mol. The summed E-state index contributed by atoms with van der Waals surface area (Å²) in [5.41, 5.74) is 0. The Balaban J connectivity index is 2.51. The van der Waals surface area contributed by atoms with Gasteiger partial charge in [-0.2, -0.15) is 0 Å². The average Bonchev–Trinajstić information content (AvgIpc) is 1.94. The number of likely N-dealkylation sites (tertiary alicyclic amines) is 1. The Bertz CT molecular complexity index is 152. The topological polar surface area (TPSA) is 23.5 Å². The van der Waals surface area contributed by atoms with Gasteiger partial charge in [0.2, 0.25) is 0 Å². The standard InChI is InChI=1S/C8H15F2NO/c1-11-4-2-7(3-5-12)8(9,10)6-11/h7,12H,2-6H2,1H3. The number of halogens is 2. The molecule has 0 aromatic carbocycles. The van der Waals surface area contributed by atoms with E-state index in [1.165, 1.54) is 0 Å². The van der Waals surface area contributed by atoms with Crippen molar-refractivity contribution in [2.24, 2.45) is 5.92 Å². The fraction of sp³-hybridized carbons (Fsp3) is 1.00. The maximum Gasteiger partial charge on any atom is 0.263 e. The zero-order chi connectivity index (χ0) is 9.19. The van der Waals surface area contributed by atoms with Crippen LogP contribution in [0.25, 0.3) is 0 Å². The lowest BCUT2D eigenvalue weighted by Crippen LogP contribution is -2.47. The van der Waals surface area contributed by atoms with E-state index in [0.29, 0.717) is 13.0 Å². The molecular formula is C8H15F2NO. The average molecular weight is 179 g/mol. The van der Waals surface area contributed by atoms with Gasteiger partial charge in [0.25, 0.3) is 5.92 Å². The number of alkyl halides is 2. The van der Waals surface area contributed by atoms with Gasteiger partial charge >= 0.3 is 0 Å². The third kappa shape index (κ3) is 2.14. The summed E-state index contributed by atoms with van der Waals surface area (Å²) in [7, 11) is 1.70. The molecule has 0 amide bonds. The molecule has 1 N–H and O–H groups in total. The van der Waals surface area contributed by atoms with E-state index in [9.17, 15) is 8.78 Å². The van der Waals surface area contributed by atoms with E-state index >= 15 is 0 Å². The van der Waals surface area contributed by atoms with Gasteiger partial charge in [0.05, 0.1) is 6.54 Å². The van der Waals surface area contributed by atoms with E-state index in [0.717, 1.165) is 0 Å². The van der Waals surface area contributed by atoms with E-state index in [1.807, 2.05) is 0 Å². The molecule has 1 fully saturated rings. The second kappa shape index (κ2) is 3.66. The number of nitrogens with zero attached hydrogens (tertiary/aromatic N) is 1. The van der Waals surface area contributed by atoms with Gasteiger partial charge in [-0.05, 0) is 26.4 Å². The van der Waals surface area contributed by atoms with Crippen molar-refractivity contribution in [2.45, 2.75) is 18.8 Å². The summed E-state index contributed by atoms with van der Waals surface area (Å²) in [4.78, 5) is 1.63. The van der Waals surface area contributed by atoms with Crippen LogP contribution in [0.1, 0.15) is 12.8 Å². The number of hydrogen-bond donors (Lipinski definition) is 1. The Labute approximate surface area is 71.2 Å². The van der Waals surface area contributed by atoms with Crippen molar-refractivity contribution >= 4 is 0 Å². The van der Waals surface area contributed by atoms with Crippen molar-refractivity contribution in [3.63, 3.8) is 0 Å². The van der Waals surface area contributed by atoms with Gasteiger partial charge < -0.3 is 10.0 Å². The van der Waals surface area contributed by atoms with Gasteiger partial charge in [-0.3, -0.25) is 0 Å². The molecule has 1 unspecified atom stereocenters. The Morgan fingerprint density at radius 2 is 2.25 bits per heavy atom. The quantitative estimate of drug-likeness (QED) is 0.682. The first-order valence-corrected chi connectivity index (χ1v) is 4.23. The van der Waals surface area contributed by atoms with Gasteiger partial charge in [0.15, 0.2) is 0 Å². The summed E-state index contributed by atoms with van der Waals surface area (Å²) in [5.74, 6) is -3.24. The van der Waals surface area contributed by atoms with E-state index in [-0.39, 0.29) is 19.6 Å². The summed E-state index contributed by atoms with van der Waals surface area (Å²) in [5, 5.41) is 8.57. The third-order valence-electron chi connectivity index (χ3n) is 2.41. The van der Waals surface area contributed by atoms with Crippen LogP contribution in [0.3, 0.4) is 0 Å². The minimum atomic E-state index is -2.62. The SMILES string of the molecule is CN1CCC(CCO)C(F)(F)C1. The smallest absolute Gasteiger partial charge is 0.263 e. The van der Waals surface area contributed by atoms with Crippen LogP contribution < -0.4 is 0 Å². The van der Waals surface area contributed by atoms with Crippen molar-refractivity contribution < 1.29 is 13.9 Å². The van der Waals surface area contributed by atoms with Crippen LogP contribution in [-0.4, -0.2) is 42.7 Å². The highest BCUT2D eigenvalue weighted by Crippen LogP contribution is 2.34. The van der Waals surface area contributed by atoms with Crippen LogP contribution in [0.15, 0.2) is 0 Å². The predicted molar refractivity (Wildman–Crippen MR) is 42.3 cm³/mol. The largest absolute Gasteiger partial charge is 0.396 e. The van der Waals surface area contributed by atoms with Crippen LogP contribution in [0, 0.1) is 5.92 Å². The molecule has 4 heteroatoms. The third-order valence-corrected chi connectivity index (χ3v) is 2.41. The van der Waals surface area contributed by atoms with Gasteiger partial charge in [-0.15, -0.1) is 0 Å². The summed E-state index contributed by atoms with van der Waals surface area (Å²) in [6, 6.07) is 0. The Kier molecular flexibility index (Phi) is 3.01. The van der Waals surface area contributed by atoms with Crippen molar-refractivity contribution in [3.8, 4) is 0 Å². The summed E-state index contributed by atoms with van der Waals surface area (Å²) in [6.45, 7) is 0.405. The molecule has 12 heavy (non-hydrogen) atoms. The van der Waals surface area contributed by atoms with E-state index < -0.39 is 11.8 Å². The zero-order valence-corrected chi connectivity index (χ0v) is 7.26. The molecule has 1 saturated heterocycles. The lowest BCUT2D eigenvalue weighted by atomic mass is 9.90. The number of aliphatic hydroxyl groups is 1. The summed E-state index contributed by atoms with van der Waals surface area (Å²) < 4.78 is 26.3. The van der Waals surface area contributed by atoms with Crippen molar-refractivity contribution in [3.05, 3.63) is 0 Å². The normalized spacial score (nSPS) is 30.5. The second-order valence-corrected chi connectivity index (χ2v) is 3.50. The van der Waals surface area contributed by atoms with Gasteiger partial charge in [-0.1, -0.05) is 0 Å². The number of hydrogen-bond acceptors (Lipinski definition) is 2. The van der Waals surface area contributed by atoms with Crippen LogP contribution in [0.4, 0.5) is 8.78 Å². The first-order chi connectivity index (χ1) is 5.56. The van der Waals surface area contributed by atoms with E-state index in [1.54, 1.807) is 11.9 Å². The predicted octanol–water partition coefficient (Wildman–Crippen LogP) is 0.956. The van der Waals surface area contributed by atoms with Crippen LogP contribution in [0.2, 0.25) is 0 Å². The number of aliphatic hydroxyl groups excluding tert-OH is 1. The van der Waals surface area contributed by atoms with E-state index in [4.69, 9.17) is 5.11 Å². The Morgan fingerprint density at radius 3 is 2.75 bits per heavy atom. The molecule has 1 atom stereocenters. The summed E-state index contributed by atoms with van der Waals surface area (Å²) >= 11 is 0. The zero-order valence-electron chi connectivity index (χ0n) is 7.26. The molecule has 0 aromatic rings. The number of rotatable bonds is 2. The maximum absolute atomic E-state index is 13.2. The molecule has 0 bridgehead atoms. The lowest BCUT2D eigenvalue weighted by Gasteiger charge is -2.36. The molecule has 0 saturated carbocycles. The van der Waals surface area contributed by atoms with Gasteiger partial charge in [0, 0.05) is 12.5 Å². The highest BCUT2D eigenvalue weighted by atomic mass is 19.3. The van der Waals surface area contributed by atoms with Crippen molar-refractivity contribution in [2.75, 3.05) is 26.7 Å². The van der Waals surface area contributed by atoms with Crippen LogP contribution >= 0.6 is 0 Å². The van der Waals surface area contributed by atoms with E-state index in [2.05, 4.69) is 0 Å². The summed E-state index contributed by atoms with van der Waals surface area (Å²) in [6.07, 6.45) is 0.713. The first kappa shape index (κ1) is 9.86. The Hall–Kier alpha value is -0.220. The first-order valence-electron chi connectivity index (χ1n) is 4.23. The molecule has 0 aliphatic carbocycles. The molecule has 72 valence electrons. The van der Waals surface area contributed by atoms with Crippen LogP contribution in [0.5, 0.6) is 0 Å². The highest BCUT2D eigenvalue weighted by molar-refractivity contribution is 4.85. The van der Waals surface area contributed by atoms with Gasteiger partial charge in [-0.25, -0.2) is 8.78 Å². The number of piperidine rings is 1. The molecule has 1 aliphatic heterocycles. The molecule has 1 rings (SSSR count). The minimum absolute atomic E-state index is 0.135. The fourth-order valence-electron chi connectivity index (χ4n) is 1.67. The molecule has 1 aliphatic rings. The molecule has 0 spiro atoms. The molecule has 0 aromatic heterocycles. The van der Waals surface area contributed by atoms with Crippen molar-refractivity contribution in [1.82, 2.24) is 4.90 Å². The Morgan fingerprint density at radius 1 is 1.58 bits per heavy atom. The molecule has 0 radical (unpaired) electrons. The molecule has 2 nitrogen and oxygen atoms in total. The second-order valence-electron chi connectivity index (χ2n) is 3.50. The fourth-order valence-corrected chi connectivity index (χ4v) is 1.67. The maximum atomic E-state index is 13.2. The highest BCUT2D eigenvalue weighted by Gasteiger charge is 2.42. The molecule has 1 heterocycles. The minimum Gasteiger partial charge on any atom is -0.396 e. The van der Waals surface area contributed by atoms with Gasteiger partial charge in [0.1, 0.15) is 0 Å². The monoisotopic (exact) mass is 179 g/mol. The lowest BCUT2D eigenvalue weighted by molar-refractivity contribution is -0.110.